The molecule has 25 heavy (non-hydrogen) atoms. The molecule has 6 nitrogen and oxygen atoms in total. The molecule has 1 aromatic carbocycles. The van der Waals surface area contributed by atoms with Gasteiger partial charge in [-0.1, -0.05) is 0 Å². The number of benzene rings is 1. The third kappa shape index (κ3) is 4.57. The third-order valence-electron chi connectivity index (χ3n) is 4.97. The molecule has 0 aromatic heterocycles. The van der Waals surface area contributed by atoms with Crippen LogP contribution in [0.25, 0.3) is 0 Å². The number of amides is 2. The van der Waals surface area contributed by atoms with Crippen LogP contribution in [-0.2, 0) is 4.74 Å². The molecule has 2 aliphatic rings. The van der Waals surface area contributed by atoms with E-state index < -0.39 is 0 Å². The Labute approximate surface area is 150 Å². The number of morpholine rings is 1. The zero-order valence-electron chi connectivity index (χ0n) is 15.5. The Bertz CT molecular complexity index is 580. The second-order valence-corrected chi connectivity index (χ2v) is 7.44. The first-order valence-electron chi connectivity index (χ1n) is 9.05. The second kappa shape index (κ2) is 7.52. The van der Waals surface area contributed by atoms with Crippen molar-refractivity contribution in [3.8, 4) is 5.75 Å². The number of carbonyl (C=O) groups is 1. The first-order valence-corrected chi connectivity index (χ1v) is 9.05. The van der Waals surface area contributed by atoms with E-state index in [1.54, 1.807) is 7.11 Å². The van der Waals surface area contributed by atoms with Crippen molar-refractivity contribution >= 4 is 11.7 Å². The lowest BCUT2D eigenvalue weighted by molar-refractivity contribution is -0.0735. The number of methoxy groups -OCH3 is 1. The van der Waals surface area contributed by atoms with Crippen LogP contribution in [0.1, 0.15) is 26.7 Å². The number of piperidine rings is 1. The van der Waals surface area contributed by atoms with E-state index in [4.69, 9.17) is 9.47 Å². The normalized spacial score (nSPS) is 21.1. The monoisotopic (exact) mass is 347 g/mol. The average Bonchev–Trinajstić information content (AvgIpc) is 2.61. The Morgan fingerprint density at radius 3 is 2.48 bits per heavy atom. The van der Waals surface area contributed by atoms with Crippen molar-refractivity contribution in [3.05, 3.63) is 24.3 Å². The van der Waals surface area contributed by atoms with Gasteiger partial charge in [-0.3, -0.25) is 0 Å². The molecule has 138 valence electrons. The number of anilines is 1. The topological polar surface area (TPSA) is 54.0 Å². The quantitative estimate of drug-likeness (QED) is 0.913. The van der Waals surface area contributed by atoms with Crippen LogP contribution in [0.3, 0.4) is 0 Å². The third-order valence-corrected chi connectivity index (χ3v) is 4.97. The van der Waals surface area contributed by atoms with Crippen LogP contribution in [0.15, 0.2) is 24.3 Å². The van der Waals surface area contributed by atoms with Crippen LogP contribution in [0.5, 0.6) is 5.75 Å². The summed E-state index contributed by atoms with van der Waals surface area (Å²) in [6, 6.07) is 8.45. The van der Waals surface area contributed by atoms with Crippen LogP contribution in [-0.4, -0.2) is 62.5 Å². The zero-order chi connectivity index (χ0) is 17.9. The summed E-state index contributed by atoms with van der Waals surface area (Å²) in [7, 11) is 1.68. The molecule has 0 aliphatic carbocycles. The molecular formula is C19H29N3O3. The summed E-state index contributed by atoms with van der Waals surface area (Å²) in [5.41, 5.74) is 0.952. The Hall–Kier alpha value is -1.95. The minimum Gasteiger partial charge on any atom is -0.497 e. The van der Waals surface area contributed by atoms with Gasteiger partial charge in [0, 0.05) is 31.4 Å². The molecule has 0 atom stereocenters. The number of nitrogens with one attached hydrogen (secondary N) is 1. The Kier molecular flexibility index (Phi) is 5.37. The highest BCUT2D eigenvalue weighted by atomic mass is 16.5. The largest absolute Gasteiger partial charge is 0.497 e. The lowest BCUT2D eigenvalue weighted by atomic mass is 10.0. The van der Waals surface area contributed by atoms with Gasteiger partial charge in [0.1, 0.15) is 5.75 Å². The fourth-order valence-electron chi connectivity index (χ4n) is 3.53. The smallest absolute Gasteiger partial charge is 0.317 e. The molecule has 2 fully saturated rings. The first-order chi connectivity index (χ1) is 12.0. The molecule has 2 saturated heterocycles. The van der Waals surface area contributed by atoms with Crippen LogP contribution < -0.4 is 15.0 Å². The summed E-state index contributed by atoms with van der Waals surface area (Å²) >= 11 is 0. The molecular weight excluding hydrogens is 318 g/mol. The number of hydrogen-bond acceptors (Lipinski definition) is 4. The van der Waals surface area contributed by atoms with Crippen molar-refractivity contribution in [3.63, 3.8) is 0 Å². The molecule has 0 spiro atoms. The van der Waals surface area contributed by atoms with E-state index in [1.807, 2.05) is 30.9 Å². The van der Waals surface area contributed by atoms with E-state index >= 15 is 0 Å². The second-order valence-electron chi connectivity index (χ2n) is 7.44. The molecule has 0 radical (unpaired) electrons. The number of urea groups is 1. The maximum absolute atomic E-state index is 12.5. The molecule has 1 N–H and O–H groups in total. The number of carbonyl (C=O) groups excluding carboxylic acids is 1. The Balaban J connectivity index is 1.48. The van der Waals surface area contributed by atoms with Gasteiger partial charge in [0.15, 0.2) is 0 Å². The fraction of sp³-hybridized carbons (Fsp3) is 0.632. The highest BCUT2D eigenvalue weighted by Crippen LogP contribution is 2.23. The summed E-state index contributed by atoms with van der Waals surface area (Å²) in [6.45, 7) is 7.87. The van der Waals surface area contributed by atoms with Crippen molar-refractivity contribution in [2.45, 2.75) is 38.3 Å². The van der Waals surface area contributed by atoms with Gasteiger partial charge in [0.25, 0.3) is 0 Å². The van der Waals surface area contributed by atoms with Crippen molar-refractivity contribution < 1.29 is 14.3 Å². The van der Waals surface area contributed by atoms with E-state index in [-0.39, 0.29) is 17.7 Å². The van der Waals surface area contributed by atoms with E-state index in [2.05, 4.69) is 22.3 Å². The maximum atomic E-state index is 12.5. The van der Waals surface area contributed by atoms with E-state index in [0.29, 0.717) is 19.7 Å². The summed E-state index contributed by atoms with van der Waals surface area (Å²) in [5.74, 6) is 0.874. The van der Waals surface area contributed by atoms with E-state index in [0.717, 1.165) is 31.7 Å². The molecule has 0 bridgehead atoms. The van der Waals surface area contributed by atoms with Gasteiger partial charge in [-0.2, -0.15) is 0 Å². The van der Waals surface area contributed by atoms with Crippen LogP contribution in [0.4, 0.5) is 10.5 Å². The van der Waals surface area contributed by atoms with E-state index in [9.17, 15) is 4.79 Å². The molecule has 2 aliphatic heterocycles. The number of hydrogen-bond donors (Lipinski definition) is 1. The summed E-state index contributed by atoms with van der Waals surface area (Å²) in [5, 5.41) is 3.20. The van der Waals surface area contributed by atoms with Gasteiger partial charge in [0.05, 0.1) is 25.9 Å². The predicted octanol–water partition coefficient (Wildman–Crippen LogP) is 2.48. The number of ether oxygens (including phenoxy) is 2. The van der Waals surface area contributed by atoms with Crippen molar-refractivity contribution in [1.29, 1.82) is 0 Å². The Morgan fingerprint density at radius 2 is 1.88 bits per heavy atom. The summed E-state index contributed by atoms with van der Waals surface area (Å²) in [4.78, 5) is 16.7. The van der Waals surface area contributed by atoms with Crippen molar-refractivity contribution in [2.24, 2.45) is 0 Å². The molecule has 3 rings (SSSR count). The lowest BCUT2D eigenvalue weighted by Crippen LogP contribution is -2.56. The van der Waals surface area contributed by atoms with Crippen molar-refractivity contribution in [1.82, 2.24) is 10.2 Å². The molecule has 0 unspecified atom stereocenters. The van der Waals surface area contributed by atoms with Gasteiger partial charge in [-0.25, -0.2) is 4.79 Å². The van der Waals surface area contributed by atoms with Crippen LogP contribution in [0, 0.1) is 0 Å². The number of rotatable bonds is 3. The maximum Gasteiger partial charge on any atom is 0.317 e. The molecule has 1 aromatic rings. The highest BCUT2D eigenvalue weighted by molar-refractivity contribution is 5.74. The lowest BCUT2D eigenvalue weighted by Gasteiger charge is -2.39. The fourth-order valence-corrected chi connectivity index (χ4v) is 3.53. The highest BCUT2D eigenvalue weighted by Gasteiger charge is 2.31. The standard InChI is InChI=1S/C19H29N3O3/c1-19(2)14-22(12-13-25-19)18(23)20-15-8-10-21(11-9-15)16-4-6-17(24-3)7-5-16/h4-7,15H,8-14H2,1-3H3,(H,20,23). The van der Waals surface area contributed by atoms with Gasteiger partial charge in [0.2, 0.25) is 0 Å². The van der Waals surface area contributed by atoms with Gasteiger partial charge in [-0.05, 0) is 51.0 Å². The molecule has 0 saturated carbocycles. The summed E-state index contributed by atoms with van der Waals surface area (Å²) in [6.07, 6.45) is 1.93. The molecule has 2 heterocycles. The first kappa shape index (κ1) is 17.9. The van der Waals surface area contributed by atoms with Gasteiger partial charge >= 0.3 is 6.03 Å². The average molecular weight is 347 g/mol. The SMILES string of the molecule is COc1ccc(N2CCC(NC(=O)N3CCOC(C)(C)C3)CC2)cc1. The van der Waals surface area contributed by atoms with Gasteiger partial charge < -0.3 is 24.6 Å². The van der Waals surface area contributed by atoms with Gasteiger partial charge in [-0.15, -0.1) is 0 Å². The van der Waals surface area contributed by atoms with Crippen LogP contribution in [0.2, 0.25) is 0 Å². The zero-order valence-corrected chi connectivity index (χ0v) is 15.5. The molecule has 6 heteroatoms. The Morgan fingerprint density at radius 1 is 1.20 bits per heavy atom. The number of nitrogens with zero attached hydrogens (tertiary/aromatic N) is 2. The van der Waals surface area contributed by atoms with E-state index in [1.165, 1.54) is 5.69 Å². The minimum absolute atomic E-state index is 0.0410. The molecule has 2 amide bonds. The minimum atomic E-state index is -0.257. The van der Waals surface area contributed by atoms with Crippen LogP contribution >= 0.6 is 0 Å². The summed E-state index contributed by atoms with van der Waals surface area (Å²) < 4.78 is 10.9. The van der Waals surface area contributed by atoms with Crippen molar-refractivity contribution in [2.75, 3.05) is 44.8 Å². The predicted molar refractivity (Wildman–Crippen MR) is 98.4 cm³/mol.